The largest absolute Gasteiger partial charge is 0.493 e. The summed E-state index contributed by atoms with van der Waals surface area (Å²) in [5.41, 5.74) is 20.7. The molecular formula is C96H152N8O16. The number of carbonyl (C=O) groups excluding carboxylic acids is 4. The van der Waals surface area contributed by atoms with Crippen LogP contribution in [0.25, 0.3) is 0 Å². The van der Waals surface area contributed by atoms with Crippen LogP contribution in [0.1, 0.15) is 304 Å². The van der Waals surface area contributed by atoms with E-state index in [9.17, 15) is 19.2 Å². The maximum Gasteiger partial charge on any atom is 0.323 e. The maximum atomic E-state index is 13.1. The molecule has 672 valence electrons. The van der Waals surface area contributed by atoms with Gasteiger partial charge in [-0.3, -0.25) is 38.8 Å². The van der Waals surface area contributed by atoms with Crippen LogP contribution in [0.3, 0.4) is 0 Å². The summed E-state index contributed by atoms with van der Waals surface area (Å²) in [4.78, 5) is 55.9. The number of benzene rings is 4. The molecule has 0 aromatic heterocycles. The molecule has 0 radical (unpaired) electrons. The van der Waals surface area contributed by atoms with Crippen LogP contribution < -0.4 is 60.8 Å². The molecule has 0 spiro atoms. The molecule has 0 aliphatic carbocycles. The van der Waals surface area contributed by atoms with Crippen molar-refractivity contribution in [2.24, 2.45) is 93.9 Å². The summed E-state index contributed by atoms with van der Waals surface area (Å²) in [6.45, 7) is -11.0. The number of piperidine rings is 4. The van der Waals surface area contributed by atoms with Gasteiger partial charge in [0.2, 0.25) is 0 Å². The van der Waals surface area contributed by atoms with Gasteiger partial charge in [0.05, 0.1) is 75.9 Å². The lowest BCUT2D eigenvalue weighted by Gasteiger charge is -2.47. The molecule has 0 bridgehead atoms. The minimum Gasteiger partial charge on any atom is -0.493 e. The van der Waals surface area contributed by atoms with E-state index in [-0.39, 0.29) is 57.1 Å². The minimum absolute atomic E-state index is 0.129. The molecule has 8 N–H and O–H groups in total. The summed E-state index contributed by atoms with van der Waals surface area (Å²) in [6, 6.07) is -14.8. The second kappa shape index (κ2) is 43.9. The summed E-state index contributed by atoms with van der Waals surface area (Å²) in [7, 11) is 0.669. The molecule has 0 saturated carbocycles. The number of ether oxygens (including phenoxy) is 12. The molecule has 20 atom stereocenters. The van der Waals surface area contributed by atoms with E-state index >= 15 is 0 Å². The Morgan fingerprint density at radius 1 is 0.358 bits per heavy atom. The molecule has 8 heterocycles. The second-order valence-electron chi connectivity index (χ2n) is 31.3. The second-order valence-corrected chi connectivity index (χ2v) is 31.3. The first kappa shape index (κ1) is 46.2. The van der Waals surface area contributed by atoms with Crippen LogP contribution in [0.15, 0.2) is 48.3 Å². The molecule has 8 aliphatic rings. The average molecular weight is 1730 g/mol. The molecule has 4 aromatic carbocycles. The van der Waals surface area contributed by atoms with Crippen LogP contribution in [-0.2, 0) is 63.6 Å². The number of fused-ring (bicyclic) bond motifs is 12. The zero-order chi connectivity index (χ0) is 135. The van der Waals surface area contributed by atoms with Crippen molar-refractivity contribution in [1.82, 2.24) is 19.6 Å². The van der Waals surface area contributed by atoms with Gasteiger partial charge >= 0.3 is 23.9 Å². The van der Waals surface area contributed by atoms with Crippen LogP contribution in [0.4, 0.5) is 0 Å². The van der Waals surface area contributed by atoms with E-state index in [4.69, 9.17) is 154 Å². The number of carbonyl (C=O) groups is 4. The Labute approximate surface area is 794 Å². The molecular weight excluding hydrogens is 1520 g/mol. The Kier molecular flexibility index (Phi) is 16.9. The van der Waals surface area contributed by atoms with Crippen molar-refractivity contribution < 1.29 is 150 Å². The van der Waals surface area contributed by atoms with Crippen molar-refractivity contribution >= 4 is 23.9 Å². The number of rotatable bonds is 28. The maximum absolute atomic E-state index is 13.1. The molecule has 4 saturated heterocycles. The van der Waals surface area contributed by atoms with Crippen LogP contribution >= 0.6 is 0 Å². The van der Waals surface area contributed by atoms with E-state index in [1.54, 1.807) is 55.4 Å². The first-order valence-corrected chi connectivity index (χ1v) is 39.2. The predicted molar refractivity (Wildman–Crippen MR) is 471 cm³/mol. The smallest absolute Gasteiger partial charge is 0.323 e. The van der Waals surface area contributed by atoms with Crippen molar-refractivity contribution in [3.63, 3.8) is 0 Å². The SMILES string of the molecule is [2H]c1c(OC)c(OC([2H])([2H])[2H])c([2H])c2c1C1CC(OC(=O)[C@@H](N)C(C)C)C(C([2H])([2H])C([2H])(C)C([2H])([2H])[2H])CN1C([2H])([2H])C2([2H])[2H].[2H]c1c(OC)c(OC([2H])([2H])[2H])c([2H])c2c1C1CC(OC(=O)[C@@H](N)C(C)C)C(C([2H])([2H])C([2H])(C)C([2H])([2H])[2H])CN1C([2H])([2H])C2([2H])[2H].[2H]c1c(OC)c(OC)c([2H])c2c1C1CC(OC(=O)[C@@H](N)C(C)C)C(C([2H])([2H])C([2H])(C)C([2H])([2H])[2H])CN1C([2H])([2H])C2([2H])[2H].[2H]c1c(OC)c(OC)c([2H])c2c1C1CC(OC(=O)[C@@H](N)C(C)C)C(C([2H])([2H])C([2H])(C)C([2H])([2H])[2H])CN1C([2H])([2H])C2([2H])[2H]. The monoisotopic (exact) mass is 1730 g/mol. The average Bonchev–Trinajstić information content (AvgIpc) is 0.687. The molecule has 8 aliphatic heterocycles. The van der Waals surface area contributed by atoms with Crippen molar-refractivity contribution in [3.8, 4) is 46.0 Å². The fraction of sp³-hybridized carbons (Fsp3) is 0.708. The van der Waals surface area contributed by atoms with E-state index in [0.717, 1.165) is 61.5 Å². The van der Waals surface area contributed by atoms with Gasteiger partial charge in [0.1, 0.15) is 48.6 Å². The van der Waals surface area contributed by atoms with E-state index in [1.165, 1.54) is 28.4 Å². The van der Waals surface area contributed by atoms with E-state index in [1.807, 2.05) is 0 Å². The van der Waals surface area contributed by atoms with E-state index in [2.05, 4.69) is 0 Å². The van der Waals surface area contributed by atoms with Gasteiger partial charge in [-0.2, -0.15) is 0 Å². The number of nitrogens with zero attached hydrogens (tertiary/aromatic N) is 4. The highest BCUT2D eigenvalue weighted by molar-refractivity contribution is 5.77. The van der Waals surface area contributed by atoms with Crippen molar-refractivity contribution in [1.29, 1.82) is 0 Å². The van der Waals surface area contributed by atoms with Gasteiger partial charge in [-0.15, -0.1) is 0 Å². The van der Waals surface area contributed by atoms with Gasteiger partial charge in [-0.1, -0.05) is 110 Å². The van der Waals surface area contributed by atoms with Crippen LogP contribution in [0.2, 0.25) is 0 Å². The topological polar surface area (TPSA) is 296 Å². The first-order valence-electron chi connectivity index (χ1n) is 66.2. The third-order valence-electron chi connectivity index (χ3n) is 21.2. The predicted octanol–water partition coefficient (Wildman–Crippen LogP) is 14.3. The first-order chi connectivity index (χ1) is 78.0. The zero-order valence-electron chi connectivity index (χ0n) is 125. The summed E-state index contributed by atoms with van der Waals surface area (Å²) >= 11 is 0. The van der Waals surface area contributed by atoms with Gasteiger partial charge in [-0.25, -0.2) is 0 Å². The lowest BCUT2D eigenvalue weighted by molar-refractivity contribution is -0.161. The van der Waals surface area contributed by atoms with Gasteiger partial charge in [0.15, 0.2) is 46.0 Å². The number of nitrogens with two attached hydrogens (primary N) is 4. The third-order valence-corrected chi connectivity index (χ3v) is 21.2. The molecule has 120 heavy (non-hydrogen) atoms. The Balaban J connectivity index is 0.000000254. The normalized spacial score (nSPS) is 37.9. The van der Waals surface area contributed by atoms with Crippen LogP contribution in [-0.4, -0.2) is 201 Å². The summed E-state index contributed by atoms with van der Waals surface area (Å²) in [5.74, 6) is -26.9. The van der Waals surface area contributed by atoms with Crippen LogP contribution in [0, 0.1) is 70.9 Å². The summed E-state index contributed by atoms with van der Waals surface area (Å²) in [6.07, 6.45) is -32.0. The lowest BCUT2D eigenvalue weighted by Crippen LogP contribution is -2.51. The standard InChI is InChI=1S/4C24H38N2O4/c4*1-14(2)9-17-13-26-8-7-16-10-21(28-5)22(29-6)11-18(16)19(26)12-20(17)30-24(27)23(25)15(3)4/h4*10-11,14-15,17,19-20,23H,7-9,12-13,25H2,1-6H3/t4*17?,19?,20?,23-/m0000/s1/i2*1D3,5D3,7D2,8D2,9D2,10D,11D,14D;2*1D3,7D2,8D2,9D2,10D,11D,14D/t4*14?,17?,19?,20?,23-. The van der Waals surface area contributed by atoms with Gasteiger partial charge in [0, 0.05) is 181 Å². The summed E-state index contributed by atoms with van der Waals surface area (Å²) < 4.78 is 520. The molecule has 4 fully saturated rings. The highest BCUT2D eigenvalue weighted by Crippen LogP contribution is 2.50. The lowest BCUT2D eigenvalue weighted by atomic mass is 9.79. The van der Waals surface area contributed by atoms with E-state index < -0.39 is 420 Å². The number of esters is 4. The quantitative estimate of drug-likeness (QED) is 0.0303. The highest BCUT2D eigenvalue weighted by atomic mass is 16.6. The van der Waals surface area contributed by atoms with Crippen molar-refractivity contribution in [3.05, 3.63) is 92.8 Å². The Hall–Kier alpha value is -7.16. The van der Waals surface area contributed by atoms with Gasteiger partial charge in [-0.05, 0) is 191 Å². The number of hydrogen-bond donors (Lipinski definition) is 4. The Bertz CT molecular complexity index is 6220. The fourth-order valence-electron chi connectivity index (χ4n) is 14.5. The third kappa shape index (κ3) is 23.8. The molecule has 24 heteroatoms. The Morgan fingerprint density at radius 3 is 0.725 bits per heavy atom. The molecule has 16 unspecified atom stereocenters. The highest BCUT2D eigenvalue weighted by Gasteiger charge is 2.47. The minimum atomic E-state index is -3.20. The fourth-order valence-corrected chi connectivity index (χ4v) is 14.5. The van der Waals surface area contributed by atoms with Gasteiger partial charge < -0.3 is 79.8 Å². The molecule has 24 nitrogen and oxygen atoms in total. The zero-order valence-corrected chi connectivity index (χ0v) is 70.8. The van der Waals surface area contributed by atoms with Crippen molar-refractivity contribution in [2.75, 3.05) is 109 Å². The number of hydrogen-bond acceptors (Lipinski definition) is 24. The Morgan fingerprint density at radius 2 is 0.550 bits per heavy atom. The van der Waals surface area contributed by atoms with E-state index in [0.29, 0.717) is 0 Å². The van der Waals surface area contributed by atoms with Crippen LogP contribution in [0.5, 0.6) is 46.0 Å². The molecule has 0 amide bonds. The number of methoxy groups -OCH3 is 8. The molecule has 12 rings (SSSR count). The van der Waals surface area contributed by atoms with Crippen molar-refractivity contribution in [2.45, 2.75) is 260 Å². The van der Waals surface area contributed by atoms with Gasteiger partial charge in [0.25, 0.3) is 0 Å². The summed E-state index contributed by atoms with van der Waals surface area (Å²) in [5, 5.41) is 0. The molecule has 4 aromatic rings.